The molecule has 2 rings (SSSR count). The lowest BCUT2D eigenvalue weighted by molar-refractivity contribution is 0.380. The van der Waals surface area contributed by atoms with Crippen molar-refractivity contribution in [3.05, 3.63) is 11.5 Å². The van der Waals surface area contributed by atoms with Crippen molar-refractivity contribution in [2.45, 2.75) is 26.7 Å². The van der Waals surface area contributed by atoms with Gasteiger partial charge in [0.25, 0.3) is 0 Å². The number of hydrogen-bond acceptors (Lipinski definition) is 4. The highest BCUT2D eigenvalue weighted by Gasteiger charge is 2.45. The van der Waals surface area contributed by atoms with E-state index in [-0.39, 0.29) is 0 Å². The van der Waals surface area contributed by atoms with E-state index >= 15 is 0 Å². The zero-order chi connectivity index (χ0) is 12.5. The number of nitrogens with one attached hydrogen (secondary N) is 2. The van der Waals surface area contributed by atoms with Gasteiger partial charge in [-0.25, -0.2) is 9.97 Å². The molecule has 0 aliphatic heterocycles. The molecule has 1 aliphatic carbocycles. The first-order valence-corrected chi connectivity index (χ1v) is 6.39. The van der Waals surface area contributed by atoms with E-state index in [1.807, 2.05) is 7.05 Å². The molecule has 0 bridgehead atoms. The Morgan fingerprint density at radius 1 is 1.41 bits per heavy atom. The molecule has 0 spiro atoms. The van der Waals surface area contributed by atoms with Crippen molar-refractivity contribution in [2.75, 3.05) is 24.2 Å². The highest BCUT2D eigenvalue weighted by Crippen LogP contribution is 2.51. The summed E-state index contributed by atoms with van der Waals surface area (Å²) in [7, 11) is 1.82. The summed E-state index contributed by atoms with van der Waals surface area (Å²) < 4.78 is 0. The number of halogens is 1. The second kappa shape index (κ2) is 4.69. The van der Waals surface area contributed by atoms with Gasteiger partial charge in [-0.1, -0.05) is 25.4 Å². The molecular formula is C12H19ClN4. The van der Waals surface area contributed by atoms with E-state index < -0.39 is 0 Å². The largest absolute Gasteiger partial charge is 0.383 e. The van der Waals surface area contributed by atoms with Crippen LogP contribution in [-0.2, 0) is 0 Å². The Morgan fingerprint density at radius 3 is 2.65 bits per heavy atom. The number of aromatic nitrogens is 2. The van der Waals surface area contributed by atoms with Crippen molar-refractivity contribution in [3.63, 3.8) is 0 Å². The lowest BCUT2D eigenvalue weighted by atomic mass is 9.92. The van der Waals surface area contributed by atoms with Gasteiger partial charge in [-0.2, -0.15) is 0 Å². The average molecular weight is 255 g/mol. The molecule has 0 unspecified atom stereocenters. The van der Waals surface area contributed by atoms with E-state index in [0.717, 1.165) is 18.1 Å². The molecule has 1 aliphatic rings. The lowest BCUT2D eigenvalue weighted by Gasteiger charge is -2.21. The second-order valence-electron chi connectivity index (χ2n) is 5.01. The summed E-state index contributed by atoms with van der Waals surface area (Å²) in [5, 5.41) is 6.88. The summed E-state index contributed by atoms with van der Waals surface area (Å²) >= 11 is 6.00. The lowest BCUT2D eigenvalue weighted by Crippen LogP contribution is -2.21. The first-order valence-electron chi connectivity index (χ1n) is 6.01. The average Bonchev–Trinajstić information content (AvgIpc) is 3.07. The summed E-state index contributed by atoms with van der Waals surface area (Å²) in [4.78, 5) is 8.19. The fourth-order valence-electron chi connectivity index (χ4n) is 2.10. The summed E-state index contributed by atoms with van der Waals surface area (Å²) in [6, 6.07) is 0. The number of hydrogen-bond donors (Lipinski definition) is 2. The predicted octanol–water partition coefficient (Wildman–Crippen LogP) is 3.02. The molecule has 94 valence electrons. The van der Waals surface area contributed by atoms with Gasteiger partial charge in [-0.15, -0.1) is 0 Å². The Hall–Kier alpha value is -1.03. The Morgan fingerprint density at radius 2 is 2.12 bits per heavy atom. The van der Waals surface area contributed by atoms with Crippen LogP contribution >= 0.6 is 11.6 Å². The molecule has 2 N–H and O–H groups in total. The third-order valence-corrected chi connectivity index (χ3v) is 4.06. The molecule has 1 fully saturated rings. The van der Waals surface area contributed by atoms with Crippen molar-refractivity contribution >= 4 is 23.1 Å². The van der Waals surface area contributed by atoms with Crippen molar-refractivity contribution in [1.82, 2.24) is 9.97 Å². The van der Waals surface area contributed by atoms with Gasteiger partial charge in [0, 0.05) is 13.6 Å². The molecule has 0 amide bonds. The minimum absolute atomic E-state index is 0.447. The monoisotopic (exact) mass is 254 g/mol. The molecule has 1 heterocycles. The zero-order valence-electron chi connectivity index (χ0n) is 10.5. The molecule has 4 nitrogen and oxygen atoms in total. The zero-order valence-corrected chi connectivity index (χ0v) is 11.3. The fraction of sp³-hybridized carbons (Fsp3) is 0.667. The van der Waals surface area contributed by atoms with E-state index in [9.17, 15) is 0 Å². The molecule has 17 heavy (non-hydrogen) atoms. The van der Waals surface area contributed by atoms with Gasteiger partial charge in [0.05, 0.1) is 0 Å². The molecule has 0 aromatic carbocycles. The third kappa shape index (κ3) is 2.46. The third-order valence-electron chi connectivity index (χ3n) is 3.78. The number of nitrogens with zero attached hydrogens (tertiary/aromatic N) is 2. The maximum Gasteiger partial charge on any atom is 0.157 e. The summed E-state index contributed by atoms with van der Waals surface area (Å²) in [5.41, 5.74) is 1.22. The maximum absolute atomic E-state index is 6.00. The smallest absolute Gasteiger partial charge is 0.157 e. The van der Waals surface area contributed by atoms with E-state index in [1.54, 1.807) is 0 Å². The quantitative estimate of drug-likeness (QED) is 0.793. The van der Waals surface area contributed by atoms with Gasteiger partial charge in [0.2, 0.25) is 0 Å². The fourth-order valence-corrected chi connectivity index (χ4v) is 2.33. The van der Waals surface area contributed by atoms with Gasteiger partial charge in [-0.3, -0.25) is 0 Å². The second-order valence-corrected chi connectivity index (χ2v) is 5.37. The van der Waals surface area contributed by atoms with Crippen molar-refractivity contribution in [2.24, 2.45) is 11.3 Å². The molecule has 0 saturated heterocycles. The number of anilines is 2. The Kier molecular flexibility index (Phi) is 3.43. The molecule has 5 heteroatoms. The van der Waals surface area contributed by atoms with Crippen molar-refractivity contribution in [1.29, 1.82) is 0 Å². The molecule has 1 aromatic heterocycles. The van der Waals surface area contributed by atoms with Crippen LogP contribution in [0.1, 0.15) is 26.7 Å². The minimum Gasteiger partial charge on any atom is -0.383 e. The van der Waals surface area contributed by atoms with E-state index in [1.165, 1.54) is 19.2 Å². The van der Waals surface area contributed by atoms with Crippen LogP contribution in [0.5, 0.6) is 0 Å². The Labute approximate surface area is 107 Å². The van der Waals surface area contributed by atoms with Crippen molar-refractivity contribution in [3.8, 4) is 0 Å². The van der Waals surface area contributed by atoms with Crippen LogP contribution in [0.2, 0.25) is 5.15 Å². The van der Waals surface area contributed by atoms with Crippen LogP contribution in [0.4, 0.5) is 11.5 Å². The van der Waals surface area contributed by atoms with E-state index in [0.29, 0.717) is 16.5 Å². The van der Waals surface area contributed by atoms with Crippen LogP contribution in [0.3, 0.4) is 0 Å². The van der Waals surface area contributed by atoms with Crippen molar-refractivity contribution < 1.29 is 0 Å². The van der Waals surface area contributed by atoms with E-state index in [4.69, 9.17) is 11.6 Å². The highest BCUT2D eigenvalue weighted by molar-refractivity contribution is 6.32. The van der Waals surface area contributed by atoms with Crippen LogP contribution in [0, 0.1) is 11.3 Å². The van der Waals surface area contributed by atoms with Crippen LogP contribution in [0.15, 0.2) is 6.33 Å². The number of rotatable bonds is 5. The highest BCUT2D eigenvalue weighted by atomic mass is 35.5. The summed E-state index contributed by atoms with van der Waals surface area (Å²) in [6.07, 6.45) is 4.08. The van der Waals surface area contributed by atoms with Crippen LogP contribution < -0.4 is 10.6 Å². The van der Waals surface area contributed by atoms with Gasteiger partial charge in [-0.05, 0) is 24.2 Å². The Bertz CT molecular complexity index is 401. The first kappa shape index (κ1) is 12.4. The SMILES string of the molecule is CNc1c(Cl)ncnc1NCC1(C(C)C)CC1. The van der Waals surface area contributed by atoms with Gasteiger partial charge >= 0.3 is 0 Å². The standard InChI is InChI=1S/C12H19ClN4/c1-8(2)12(4-5-12)6-15-11-9(14-3)10(13)16-7-17-11/h7-8,14H,4-6H2,1-3H3,(H,15,16,17). The molecule has 1 saturated carbocycles. The molecule has 1 aromatic rings. The molecule has 0 atom stereocenters. The summed E-state index contributed by atoms with van der Waals surface area (Å²) in [5.74, 6) is 1.49. The molecular weight excluding hydrogens is 236 g/mol. The van der Waals surface area contributed by atoms with Crippen LogP contribution in [-0.4, -0.2) is 23.6 Å². The summed E-state index contributed by atoms with van der Waals surface area (Å²) in [6.45, 7) is 5.51. The predicted molar refractivity (Wildman–Crippen MR) is 71.6 cm³/mol. The topological polar surface area (TPSA) is 49.8 Å². The first-order chi connectivity index (χ1) is 8.09. The van der Waals surface area contributed by atoms with Gasteiger partial charge in [0.15, 0.2) is 11.0 Å². The maximum atomic E-state index is 6.00. The van der Waals surface area contributed by atoms with Gasteiger partial charge in [0.1, 0.15) is 12.0 Å². The Balaban J connectivity index is 2.07. The molecule has 0 radical (unpaired) electrons. The van der Waals surface area contributed by atoms with Crippen LogP contribution in [0.25, 0.3) is 0 Å². The minimum atomic E-state index is 0.447. The normalized spacial score (nSPS) is 17.0. The van der Waals surface area contributed by atoms with E-state index in [2.05, 4.69) is 34.4 Å². The van der Waals surface area contributed by atoms with Gasteiger partial charge < -0.3 is 10.6 Å².